The first-order chi connectivity index (χ1) is 13.6. The van der Waals surface area contributed by atoms with Gasteiger partial charge in [-0.15, -0.1) is 0 Å². The maximum Gasteiger partial charge on any atom is 0.258 e. The molecule has 4 N–H and O–H groups in total. The predicted octanol–water partition coefficient (Wildman–Crippen LogP) is 1.49. The largest absolute Gasteiger partial charge is 0.483 e. The average Bonchev–Trinajstić information content (AvgIpc) is 3.36. The Hall–Kier alpha value is -2.12. The summed E-state index contributed by atoms with van der Waals surface area (Å²) in [5, 5.41) is 5.78. The second kappa shape index (κ2) is 10.4. The standard InChI is InChI=1S/C21H31N3O4/c22-18-8-3-6-15(18)11-20(25)23-12-16-5-1-2-9-19(16)28-14-21(26)24-13-17-7-4-10-27-17/h1-2,5,9,15,17-18H,3-4,6-8,10-14,22H2,(H,23,25)(H,24,26)/t15-,17?,18+/m0/s1. The molecular weight excluding hydrogens is 358 g/mol. The first kappa shape index (κ1) is 20.6. The molecule has 2 amide bonds. The fourth-order valence-electron chi connectivity index (χ4n) is 3.84. The van der Waals surface area contributed by atoms with Gasteiger partial charge in [-0.05, 0) is 37.7 Å². The van der Waals surface area contributed by atoms with E-state index in [1.807, 2.05) is 24.3 Å². The lowest BCUT2D eigenvalue weighted by Crippen LogP contribution is -2.35. The molecule has 154 valence electrons. The topological polar surface area (TPSA) is 103 Å². The third-order valence-electron chi connectivity index (χ3n) is 5.52. The van der Waals surface area contributed by atoms with Gasteiger partial charge in [0, 0.05) is 37.7 Å². The number of nitrogens with one attached hydrogen (secondary N) is 2. The van der Waals surface area contributed by atoms with E-state index in [0.29, 0.717) is 25.3 Å². The van der Waals surface area contributed by atoms with E-state index in [0.717, 1.165) is 44.3 Å². The van der Waals surface area contributed by atoms with Gasteiger partial charge in [0.05, 0.1) is 6.10 Å². The smallest absolute Gasteiger partial charge is 0.258 e. The van der Waals surface area contributed by atoms with Gasteiger partial charge < -0.3 is 25.8 Å². The lowest BCUT2D eigenvalue weighted by Gasteiger charge is -2.16. The fourth-order valence-corrected chi connectivity index (χ4v) is 3.84. The van der Waals surface area contributed by atoms with Gasteiger partial charge in [-0.25, -0.2) is 0 Å². The van der Waals surface area contributed by atoms with Crippen LogP contribution in [0.2, 0.25) is 0 Å². The van der Waals surface area contributed by atoms with Gasteiger partial charge >= 0.3 is 0 Å². The van der Waals surface area contributed by atoms with Crippen LogP contribution in [0.4, 0.5) is 0 Å². The normalized spacial score (nSPS) is 24.1. The van der Waals surface area contributed by atoms with Crippen LogP contribution < -0.4 is 21.1 Å². The summed E-state index contributed by atoms with van der Waals surface area (Å²) >= 11 is 0. The van der Waals surface area contributed by atoms with Crippen LogP contribution in [-0.4, -0.2) is 43.7 Å². The number of amides is 2. The Morgan fingerprint density at radius 1 is 1.11 bits per heavy atom. The van der Waals surface area contributed by atoms with Crippen molar-refractivity contribution in [1.82, 2.24) is 10.6 Å². The van der Waals surface area contributed by atoms with Gasteiger partial charge in [-0.2, -0.15) is 0 Å². The summed E-state index contributed by atoms with van der Waals surface area (Å²) in [4.78, 5) is 24.2. The van der Waals surface area contributed by atoms with Crippen molar-refractivity contribution in [3.8, 4) is 5.75 Å². The van der Waals surface area contributed by atoms with Crippen LogP contribution in [-0.2, 0) is 20.9 Å². The predicted molar refractivity (Wildman–Crippen MR) is 106 cm³/mol. The Morgan fingerprint density at radius 2 is 1.96 bits per heavy atom. The number of para-hydroxylation sites is 1. The lowest BCUT2D eigenvalue weighted by atomic mass is 10.00. The number of nitrogens with two attached hydrogens (primary N) is 1. The van der Waals surface area contributed by atoms with Crippen molar-refractivity contribution in [2.24, 2.45) is 11.7 Å². The zero-order valence-corrected chi connectivity index (χ0v) is 16.3. The van der Waals surface area contributed by atoms with E-state index in [9.17, 15) is 9.59 Å². The Kier molecular flexibility index (Phi) is 7.68. The molecule has 0 radical (unpaired) electrons. The second-order valence-corrected chi connectivity index (χ2v) is 7.67. The highest BCUT2D eigenvalue weighted by Gasteiger charge is 2.26. The summed E-state index contributed by atoms with van der Waals surface area (Å²) in [6, 6.07) is 7.57. The van der Waals surface area contributed by atoms with Crippen molar-refractivity contribution in [2.45, 2.75) is 57.2 Å². The first-order valence-corrected chi connectivity index (χ1v) is 10.2. The second-order valence-electron chi connectivity index (χ2n) is 7.67. The number of carbonyl (C=O) groups excluding carboxylic acids is 2. The SMILES string of the molecule is N[C@@H]1CCC[C@H]1CC(=O)NCc1ccccc1OCC(=O)NCC1CCCO1. The summed E-state index contributed by atoms with van der Waals surface area (Å²) in [5.74, 6) is 0.711. The number of carbonyl (C=O) groups is 2. The van der Waals surface area contributed by atoms with E-state index in [4.69, 9.17) is 15.2 Å². The molecule has 3 atom stereocenters. The molecule has 0 aromatic heterocycles. The maximum atomic E-state index is 12.2. The third-order valence-corrected chi connectivity index (χ3v) is 5.52. The van der Waals surface area contributed by atoms with Gasteiger partial charge in [-0.1, -0.05) is 24.6 Å². The van der Waals surface area contributed by atoms with Crippen LogP contribution >= 0.6 is 0 Å². The van der Waals surface area contributed by atoms with E-state index in [-0.39, 0.29) is 36.5 Å². The molecular formula is C21H31N3O4. The van der Waals surface area contributed by atoms with E-state index < -0.39 is 0 Å². The zero-order chi connectivity index (χ0) is 19.8. The summed E-state index contributed by atoms with van der Waals surface area (Å²) in [7, 11) is 0. The quantitative estimate of drug-likeness (QED) is 0.594. The minimum atomic E-state index is -0.176. The Bertz CT molecular complexity index is 661. The van der Waals surface area contributed by atoms with Gasteiger partial charge in [0.2, 0.25) is 5.91 Å². The molecule has 1 aliphatic carbocycles. The number of hydrogen-bond acceptors (Lipinski definition) is 5. The average molecular weight is 389 g/mol. The number of ether oxygens (including phenoxy) is 2. The summed E-state index contributed by atoms with van der Waals surface area (Å²) in [6.45, 7) is 1.59. The third kappa shape index (κ3) is 6.21. The first-order valence-electron chi connectivity index (χ1n) is 10.2. The monoisotopic (exact) mass is 389 g/mol. The maximum absolute atomic E-state index is 12.2. The molecule has 2 aliphatic rings. The van der Waals surface area contributed by atoms with E-state index in [2.05, 4.69) is 10.6 Å². The highest BCUT2D eigenvalue weighted by Crippen LogP contribution is 2.26. The summed E-state index contributed by atoms with van der Waals surface area (Å²) < 4.78 is 11.2. The van der Waals surface area contributed by atoms with Crippen molar-refractivity contribution < 1.29 is 19.1 Å². The number of rotatable bonds is 9. The molecule has 1 aliphatic heterocycles. The molecule has 7 nitrogen and oxygen atoms in total. The molecule has 0 spiro atoms. The highest BCUT2D eigenvalue weighted by molar-refractivity contribution is 5.77. The minimum absolute atomic E-state index is 0.00598. The van der Waals surface area contributed by atoms with Crippen molar-refractivity contribution in [2.75, 3.05) is 19.8 Å². The van der Waals surface area contributed by atoms with Crippen molar-refractivity contribution in [3.63, 3.8) is 0 Å². The van der Waals surface area contributed by atoms with Gasteiger partial charge in [0.25, 0.3) is 5.91 Å². The molecule has 3 rings (SSSR count). The fraction of sp³-hybridized carbons (Fsp3) is 0.619. The number of hydrogen-bond donors (Lipinski definition) is 3. The summed E-state index contributed by atoms with van der Waals surface area (Å²) in [5.41, 5.74) is 6.89. The molecule has 1 aromatic carbocycles. The molecule has 28 heavy (non-hydrogen) atoms. The van der Waals surface area contributed by atoms with E-state index >= 15 is 0 Å². The van der Waals surface area contributed by atoms with Crippen LogP contribution in [0.15, 0.2) is 24.3 Å². The minimum Gasteiger partial charge on any atom is -0.483 e. The molecule has 1 heterocycles. The van der Waals surface area contributed by atoms with Crippen LogP contribution in [0, 0.1) is 5.92 Å². The van der Waals surface area contributed by atoms with Crippen molar-refractivity contribution in [1.29, 1.82) is 0 Å². The van der Waals surface area contributed by atoms with E-state index in [1.165, 1.54) is 0 Å². The van der Waals surface area contributed by atoms with Gasteiger partial charge in [-0.3, -0.25) is 9.59 Å². The van der Waals surface area contributed by atoms with Crippen LogP contribution in [0.5, 0.6) is 5.75 Å². The van der Waals surface area contributed by atoms with Crippen molar-refractivity contribution >= 4 is 11.8 Å². The van der Waals surface area contributed by atoms with Crippen LogP contribution in [0.1, 0.15) is 44.1 Å². The Balaban J connectivity index is 1.41. The Labute approximate surface area is 166 Å². The zero-order valence-electron chi connectivity index (χ0n) is 16.3. The lowest BCUT2D eigenvalue weighted by molar-refractivity contribution is -0.124. The molecule has 1 saturated heterocycles. The molecule has 1 unspecified atom stereocenters. The molecule has 2 fully saturated rings. The van der Waals surface area contributed by atoms with Gasteiger partial charge in [0.1, 0.15) is 5.75 Å². The molecule has 7 heteroatoms. The van der Waals surface area contributed by atoms with Crippen molar-refractivity contribution in [3.05, 3.63) is 29.8 Å². The Morgan fingerprint density at radius 3 is 2.71 bits per heavy atom. The molecule has 1 aromatic rings. The summed E-state index contributed by atoms with van der Waals surface area (Å²) in [6.07, 6.45) is 5.73. The number of benzene rings is 1. The van der Waals surface area contributed by atoms with Crippen LogP contribution in [0.25, 0.3) is 0 Å². The molecule has 0 bridgehead atoms. The highest BCUT2D eigenvalue weighted by atomic mass is 16.5. The van der Waals surface area contributed by atoms with E-state index in [1.54, 1.807) is 0 Å². The van der Waals surface area contributed by atoms with Crippen LogP contribution in [0.3, 0.4) is 0 Å². The molecule has 1 saturated carbocycles. The van der Waals surface area contributed by atoms with Gasteiger partial charge in [0.15, 0.2) is 6.61 Å².